The second-order valence-corrected chi connectivity index (χ2v) is 8.39. The van der Waals surface area contributed by atoms with Crippen LogP contribution in [0, 0.1) is 18.6 Å². The summed E-state index contributed by atoms with van der Waals surface area (Å²) in [6, 6.07) is 11.8. The van der Waals surface area contributed by atoms with Crippen molar-refractivity contribution in [2.45, 2.75) is 32.5 Å². The molecule has 9 heteroatoms. The summed E-state index contributed by atoms with van der Waals surface area (Å²) in [7, 11) is 0. The molecule has 4 nitrogen and oxygen atoms in total. The van der Waals surface area contributed by atoms with Crippen molar-refractivity contribution < 1.29 is 31.5 Å². The number of benzene rings is 3. The van der Waals surface area contributed by atoms with E-state index < -0.39 is 35.2 Å². The van der Waals surface area contributed by atoms with Crippen molar-refractivity contribution >= 4 is 17.5 Å². The van der Waals surface area contributed by atoms with Crippen molar-refractivity contribution in [3.63, 3.8) is 0 Å². The van der Waals surface area contributed by atoms with Crippen LogP contribution in [0.5, 0.6) is 0 Å². The summed E-state index contributed by atoms with van der Waals surface area (Å²) in [5.74, 6) is -2.97. The summed E-state index contributed by atoms with van der Waals surface area (Å²) >= 11 is 0. The molecule has 0 aliphatic carbocycles. The lowest BCUT2D eigenvalue weighted by Gasteiger charge is -2.31. The normalized spacial score (nSPS) is 13.4. The van der Waals surface area contributed by atoms with Crippen LogP contribution in [0.4, 0.5) is 27.6 Å². The molecular formula is C26H21F5N2O2. The lowest BCUT2D eigenvalue weighted by Crippen LogP contribution is -2.37. The van der Waals surface area contributed by atoms with Crippen LogP contribution in [-0.4, -0.2) is 23.3 Å². The standard InChI is InChI=1S/C26H21F5N2O2/c1-15-6-8-17-14-33(25(35)19-4-2-3-5-21(19)27)11-10-18(17)24(15)32-23(34)13-16-7-9-20(22(28)12-16)26(29,30)31/h2-9,12H,10-11,13-14H2,1H3,(H,32,34). The number of fused-ring (bicyclic) bond motifs is 1. The van der Waals surface area contributed by atoms with Crippen LogP contribution < -0.4 is 5.32 Å². The Balaban J connectivity index is 1.50. The number of nitrogens with zero attached hydrogens (tertiary/aromatic N) is 1. The highest BCUT2D eigenvalue weighted by molar-refractivity contribution is 5.96. The number of anilines is 1. The minimum Gasteiger partial charge on any atom is -0.334 e. The van der Waals surface area contributed by atoms with Gasteiger partial charge in [-0.2, -0.15) is 13.2 Å². The molecular weight excluding hydrogens is 467 g/mol. The Morgan fingerprint density at radius 2 is 1.74 bits per heavy atom. The minimum absolute atomic E-state index is 0.0136. The molecule has 0 radical (unpaired) electrons. The molecule has 3 aromatic carbocycles. The third-order valence-electron chi connectivity index (χ3n) is 5.97. The van der Waals surface area contributed by atoms with E-state index in [2.05, 4.69) is 5.32 Å². The van der Waals surface area contributed by atoms with Crippen LogP contribution in [0.3, 0.4) is 0 Å². The molecule has 1 aliphatic rings. The molecule has 1 aliphatic heterocycles. The number of carbonyl (C=O) groups is 2. The Kier molecular flexibility index (Phi) is 6.60. The second-order valence-electron chi connectivity index (χ2n) is 8.39. The predicted molar refractivity (Wildman–Crippen MR) is 120 cm³/mol. The van der Waals surface area contributed by atoms with Crippen LogP contribution in [0.1, 0.15) is 38.2 Å². The van der Waals surface area contributed by atoms with Crippen molar-refractivity contribution in [2.75, 3.05) is 11.9 Å². The molecule has 0 unspecified atom stereocenters. The molecule has 0 saturated carbocycles. The SMILES string of the molecule is Cc1ccc2c(c1NC(=O)Cc1ccc(C(F)(F)F)c(F)c1)CCN(C(=O)c1ccccc1F)C2. The summed E-state index contributed by atoms with van der Waals surface area (Å²) in [5, 5.41) is 2.79. The molecule has 4 rings (SSSR count). The monoisotopic (exact) mass is 488 g/mol. The molecule has 0 saturated heterocycles. The maximum absolute atomic E-state index is 14.1. The molecule has 1 heterocycles. The molecule has 3 aromatic rings. The number of amides is 2. The third kappa shape index (κ3) is 5.18. The van der Waals surface area contributed by atoms with E-state index in [9.17, 15) is 31.5 Å². The van der Waals surface area contributed by atoms with Gasteiger partial charge in [-0.15, -0.1) is 0 Å². The quantitative estimate of drug-likeness (QED) is 0.481. The van der Waals surface area contributed by atoms with Gasteiger partial charge in [-0.3, -0.25) is 9.59 Å². The van der Waals surface area contributed by atoms with Gasteiger partial charge in [-0.05, 0) is 59.9 Å². The Morgan fingerprint density at radius 3 is 2.43 bits per heavy atom. The van der Waals surface area contributed by atoms with E-state index in [4.69, 9.17) is 0 Å². The van der Waals surface area contributed by atoms with E-state index >= 15 is 0 Å². The Labute approximate surface area is 198 Å². The first kappa shape index (κ1) is 24.4. The van der Waals surface area contributed by atoms with Crippen LogP contribution in [0.2, 0.25) is 0 Å². The number of alkyl halides is 3. The molecule has 0 aromatic heterocycles. The number of hydrogen-bond donors (Lipinski definition) is 1. The topological polar surface area (TPSA) is 49.4 Å². The van der Waals surface area contributed by atoms with Crippen molar-refractivity contribution in [3.05, 3.63) is 99.6 Å². The summed E-state index contributed by atoms with van der Waals surface area (Å²) in [4.78, 5) is 27.0. The van der Waals surface area contributed by atoms with E-state index in [-0.39, 0.29) is 24.1 Å². The number of nitrogens with one attached hydrogen (secondary N) is 1. The van der Waals surface area contributed by atoms with Gasteiger partial charge in [0.15, 0.2) is 0 Å². The molecule has 2 amide bonds. The zero-order valence-electron chi connectivity index (χ0n) is 18.7. The number of hydrogen-bond acceptors (Lipinski definition) is 2. The molecule has 0 fully saturated rings. The summed E-state index contributed by atoms with van der Waals surface area (Å²) in [6.45, 7) is 2.34. The van der Waals surface area contributed by atoms with Crippen LogP contribution >= 0.6 is 0 Å². The van der Waals surface area contributed by atoms with Crippen molar-refractivity contribution in [1.82, 2.24) is 4.90 Å². The average molecular weight is 488 g/mol. The Morgan fingerprint density at radius 1 is 1.00 bits per heavy atom. The lowest BCUT2D eigenvalue weighted by atomic mass is 9.94. The highest BCUT2D eigenvalue weighted by Crippen LogP contribution is 2.32. The first-order valence-electron chi connectivity index (χ1n) is 10.8. The van der Waals surface area contributed by atoms with Crippen molar-refractivity contribution in [1.29, 1.82) is 0 Å². The van der Waals surface area contributed by atoms with Gasteiger partial charge in [-0.1, -0.05) is 30.3 Å². The number of aryl methyl sites for hydroxylation is 1. The minimum atomic E-state index is -4.81. The number of rotatable bonds is 4. The van der Waals surface area contributed by atoms with Crippen molar-refractivity contribution in [3.8, 4) is 0 Å². The highest BCUT2D eigenvalue weighted by Gasteiger charge is 2.34. The first-order chi connectivity index (χ1) is 16.5. The number of halogens is 5. The van der Waals surface area contributed by atoms with E-state index in [0.29, 0.717) is 30.8 Å². The fourth-order valence-electron chi connectivity index (χ4n) is 4.19. The lowest BCUT2D eigenvalue weighted by molar-refractivity contribution is -0.140. The molecule has 0 bridgehead atoms. The number of carbonyl (C=O) groups excluding carboxylic acids is 2. The molecule has 182 valence electrons. The fraction of sp³-hybridized carbons (Fsp3) is 0.231. The summed E-state index contributed by atoms with van der Waals surface area (Å²) in [5.41, 5.74) is 1.65. The predicted octanol–water partition coefficient (Wildman–Crippen LogP) is 5.67. The van der Waals surface area contributed by atoms with Gasteiger partial charge in [0.1, 0.15) is 11.6 Å². The van der Waals surface area contributed by atoms with Gasteiger partial charge < -0.3 is 10.2 Å². The van der Waals surface area contributed by atoms with Crippen LogP contribution in [0.15, 0.2) is 54.6 Å². The fourth-order valence-corrected chi connectivity index (χ4v) is 4.19. The zero-order chi connectivity index (χ0) is 25.3. The van der Waals surface area contributed by atoms with Gasteiger partial charge in [-0.25, -0.2) is 8.78 Å². The summed E-state index contributed by atoms with van der Waals surface area (Å²) in [6.07, 6.45) is -4.70. The van der Waals surface area contributed by atoms with E-state index in [1.54, 1.807) is 19.1 Å². The average Bonchev–Trinajstić information content (AvgIpc) is 2.79. The van der Waals surface area contributed by atoms with Crippen molar-refractivity contribution in [2.24, 2.45) is 0 Å². The third-order valence-corrected chi connectivity index (χ3v) is 5.97. The molecule has 35 heavy (non-hydrogen) atoms. The van der Waals surface area contributed by atoms with Gasteiger partial charge in [0.25, 0.3) is 5.91 Å². The highest BCUT2D eigenvalue weighted by atomic mass is 19.4. The maximum atomic E-state index is 14.1. The Hall–Kier alpha value is -3.75. The summed E-state index contributed by atoms with van der Waals surface area (Å²) < 4.78 is 66.2. The molecule has 0 spiro atoms. The largest absolute Gasteiger partial charge is 0.419 e. The van der Waals surface area contributed by atoms with E-state index in [0.717, 1.165) is 22.8 Å². The van der Waals surface area contributed by atoms with Crippen LogP contribution in [0.25, 0.3) is 0 Å². The van der Waals surface area contributed by atoms with Gasteiger partial charge >= 0.3 is 6.18 Å². The van der Waals surface area contributed by atoms with Gasteiger partial charge in [0.05, 0.1) is 17.5 Å². The first-order valence-corrected chi connectivity index (χ1v) is 10.8. The Bertz CT molecular complexity index is 1300. The zero-order valence-corrected chi connectivity index (χ0v) is 18.7. The maximum Gasteiger partial charge on any atom is 0.419 e. The van der Waals surface area contributed by atoms with Gasteiger partial charge in [0, 0.05) is 18.8 Å². The van der Waals surface area contributed by atoms with Crippen LogP contribution in [-0.2, 0) is 30.4 Å². The van der Waals surface area contributed by atoms with Gasteiger partial charge in [0.2, 0.25) is 5.91 Å². The molecule has 1 N–H and O–H groups in total. The smallest absolute Gasteiger partial charge is 0.334 e. The molecule has 0 atom stereocenters. The van der Waals surface area contributed by atoms with E-state index in [1.165, 1.54) is 23.1 Å². The second kappa shape index (κ2) is 9.48. The van der Waals surface area contributed by atoms with E-state index in [1.807, 2.05) is 6.07 Å².